The summed E-state index contributed by atoms with van der Waals surface area (Å²) in [5.74, 6) is 2.01. The Morgan fingerprint density at radius 2 is 1.65 bits per heavy atom. The fourth-order valence-corrected chi connectivity index (χ4v) is 2.50. The number of ether oxygens (including phenoxy) is 3. The van der Waals surface area contributed by atoms with Gasteiger partial charge in [-0.25, -0.2) is 15.0 Å². The molecule has 0 spiro atoms. The van der Waals surface area contributed by atoms with E-state index in [1.54, 1.807) is 58.0 Å². The zero-order valence-electron chi connectivity index (χ0n) is 14.5. The van der Waals surface area contributed by atoms with Crippen LogP contribution in [0, 0.1) is 0 Å². The lowest BCUT2D eigenvalue weighted by atomic mass is 10.2. The minimum Gasteiger partial charge on any atom is -0.493 e. The van der Waals surface area contributed by atoms with Gasteiger partial charge in [-0.15, -0.1) is 0 Å². The van der Waals surface area contributed by atoms with Crippen LogP contribution in [0.1, 0.15) is 0 Å². The standard InChI is InChI=1S/C18H17ClN4O3/c1-24-14-8-12(9-15(25-2)17(14)26-3)22-18-20-7-6-13(23-18)11-4-5-16(19)21-10-11/h4-10H,1-3H3,(H,20,22,23). The normalized spacial score (nSPS) is 10.3. The first kappa shape index (κ1) is 17.8. The predicted molar refractivity (Wildman–Crippen MR) is 99.7 cm³/mol. The van der Waals surface area contributed by atoms with Gasteiger partial charge in [-0.3, -0.25) is 0 Å². The third-order valence-electron chi connectivity index (χ3n) is 3.60. The maximum atomic E-state index is 5.83. The molecule has 0 amide bonds. The van der Waals surface area contributed by atoms with Crippen LogP contribution in [0.4, 0.5) is 11.6 Å². The lowest BCUT2D eigenvalue weighted by molar-refractivity contribution is 0.324. The minimum absolute atomic E-state index is 0.423. The Hall–Kier alpha value is -3.06. The Labute approximate surface area is 155 Å². The molecule has 3 aromatic rings. The molecule has 0 saturated heterocycles. The highest BCUT2D eigenvalue weighted by Gasteiger charge is 2.14. The summed E-state index contributed by atoms with van der Waals surface area (Å²) in [5, 5.41) is 3.57. The molecule has 1 N–H and O–H groups in total. The Balaban J connectivity index is 1.92. The van der Waals surface area contributed by atoms with Gasteiger partial charge in [-0.2, -0.15) is 0 Å². The van der Waals surface area contributed by atoms with Crippen molar-refractivity contribution < 1.29 is 14.2 Å². The first-order chi connectivity index (χ1) is 12.6. The molecule has 2 aromatic heterocycles. The van der Waals surface area contributed by atoms with Crippen LogP contribution in [-0.4, -0.2) is 36.3 Å². The number of hydrogen-bond donors (Lipinski definition) is 1. The van der Waals surface area contributed by atoms with Gasteiger partial charge in [-0.1, -0.05) is 11.6 Å². The summed E-state index contributed by atoms with van der Waals surface area (Å²) in [6, 6.07) is 8.92. The number of benzene rings is 1. The van der Waals surface area contributed by atoms with Crippen LogP contribution >= 0.6 is 11.6 Å². The molecule has 0 saturated carbocycles. The number of nitrogens with one attached hydrogen (secondary N) is 1. The molecule has 0 aliphatic carbocycles. The van der Waals surface area contributed by atoms with Gasteiger partial charge in [0.15, 0.2) is 11.5 Å². The number of halogens is 1. The summed E-state index contributed by atoms with van der Waals surface area (Å²) >= 11 is 5.83. The monoisotopic (exact) mass is 372 g/mol. The summed E-state index contributed by atoms with van der Waals surface area (Å²) < 4.78 is 16.0. The summed E-state index contributed by atoms with van der Waals surface area (Å²) in [6.07, 6.45) is 3.32. The van der Waals surface area contributed by atoms with Crippen LogP contribution in [0.2, 0.25) is 5.15 Å². The van der Waals surface area contributed by atoms with Crippen molar-refractivity contribution in [1.82, 2.24) is 15.0 Å². The number of nitrogens with zero attached hydrogens (tertiary/aromatic N) is 3. The van der Waals surface area contributed by atoms with E-state index in [0.717, 1.165) is 11.3 Å². The third kappa shape index (κ3) is 3.78. The Bertz CT molecular complexity index is 878. The van der Waals surface area contributed by atoms with E-state index in [4.69, 9.17) is 25.8 Å². The van der Waals surface area contributed by atoms with Gasteiger partial charge in [0.25, 0.3) is 0 Å². The van der Waals surface area contributed by atoms with Crippen molar-refractivity contribution in [3.8, 4) is 28.5 Å². The van der Waals surface area contributed by atoms with Crippen molar-refractivity contribution in [2.45, 2.75) is 0 Å². The van der Waals surface area contributed by atoms with Crippen LogP contribution in [0.3, 0.4) is 0 Å². The van der Waals surface area contributed by atoms with Gasteiger partial charge >= 0.3 is 0 Å². The van der Waals surface area contributed by atoms with E-state index in [1.165, 1.54) is 0 Å². The van der Waals surface area contributed by atoms with Gasteiger partial charge in [0.2, 0.25) is 11.7 Å². The molecular weight excluding hydrogens is 356 g/mol. The second kappa shape index (κ2) is 7.88. The molecule has 0 unspecified atom stereocenters. The average molecular weight is 373 g/mol. The van der Waals surface area contributed by atoms with E-state index in [9.17, 15) is 0 Å². The van der Waals surface area contributed by atoms with Gasteiger partial charge in [0.05, 0.1) is 27.0 Å². The van der Waals surface area contributed by atoms with E-state index in [1.807, 2.05) is 6.07 Å². The number of anilines is 2. The molecule has 0 aliphatic heterocycles. The van der Waals surface area contributed by atoms with Crippen molar-refractivity contribution in [3.63, 3.8) is 0 Å². The van der Waals surface area contributed by atoms with Crippen molar-refractivity contribution in [2.75, 3.05) is 26.6 Å². The Morgan fingerprint density at radius 1 is 0.923 bits per heavy atom. The number of rotatable bonds is 6. The van der Waals surface area contributed by atoms with E-state index in [0.29, 0.717) is 34.0 Å². The number of methoxy groups -OCH3 is 3. The summed E-state index contributed by atoms with van der Waals surface area (Å²) in [7, 11) is 4.68. The quantitative estimate of drug-likeness (QED) is 0.656. The van der Waals surface area contributed by atoms with Gasteiger partial charge in [0.1, 0.15) is 5.15 Å². The molecular formula is C18H17ClN4O3. The topological polar surface area (TPSA) is 78.4 Å². The number of aromatic nitrogens is 3. The van der Waals surface area contributed by atoms with Crippen LogP contribution in [0.15, 0.2) is 42.7 Å². The van der Waals surface area contributed by atoms with Crippen molar-refractivity contribution in [2.24, 2.45) is 0 Å². The van der Waals surface area contributed by atoms with Crippen LogP contribution in [0.5, 0.6) is 17.2 Å². The SMILES string of the molecule is COc1cc(Nc2nccc(-c3ccc(Cl)nc3)n2)cc(OC)c1OC. The summed E-state index contributed by atoms with van der Waals surface area (Å²) in [6.45, 7) is 0. The second-order valence-corrected chi connectivity index (χ2v) is 5.56. The molecule has 2 heterocycles. The highest BCUT2D eigenvalue weighted by molar-refractivity contribution is 6.29. The Kier molecular flexibility index (Phi) is 5.38. The van der Waals surface area contributed by atoms with E-state index >= 15 is 0 Å². The lowest BCUT2D eigenvalue weighted by Crippen LogP contribution is -2.00. The molecule has 134 valence electrons. The second-order valence-electron chi connectivity index (χ2n) is 5.17. The van der Waals surface area contributed by atoms with Crippen molar-refractivity contribution in [1.29, 1.82) is 0 Å². The third-order valence-corrected chi connectivity index (χ3v) is 3.82. The molecule has 7 nitrogen and oxygen atoms in total. The smallest absolute Gasteiger partial charge is 0.227 e. The molecule has 1 aromatic carbocycles. The van der Waals surface area contributed by atoms with E-state index in [2.05, 4.69) is 20.3 Å². The van der Waals surface area contributed by atoms with Crippen molar-refractivity contribution >= 4 is 23.2 Å². The predicted octanol–water partition coefficient (Wildman–Crippen LogP) is 3.96. The molecule has 0 fully saturated rings. The fourth-order valence-electron chi connectivity index (χ4n) is 2.39. The van der Waals surface area contributed by atoms with Gasteiger partial charge in [0, 0.05) is 35.8 Å². The van der Waals surface area contributed by atoms with E-state index in [-0.39, 0.29) is 0 Å². The zero-order valence-corrected chi connectivity index (χ0v) is 15.2. The van der Waals surface area contributed by atoms with Crippen LogP contribution in [0.25, 0.3) is 11.3 Å². The summed E-state index contributed by atoms with van der Waals surface area (Å²) in [5.41, 5.74) is 2.26. The highest BCUT2D eigenvalue weighted by atomic mass is 35.5. The van der Waals surface area contributed by atoms with Crippen LogP contribution in [-0.2, 0) is 0 Å². The first-order valence-electron chi connectivity index (χ1n) is 7.66. The molecule has 0 bridgehead atoms. The maximum absolute atomic E-state index is 5.83. The number of hydrogen-bond acceptors (Lipinski definition) is 7. The lowest BCUT2D eigenvalue weighted by Gasteiger charge is -2.14. The molecule has 3 rings (SSSR count). The van der Waals surface area contributed by atoms with Crippen LogP contribution < -0.4 is 19.5 Å². The molecule has 26 heavy (non-hydrogen) atoms. The fraction of sp³-hybridized carbons (Fsp3) is 0.167. The Morgan fingerprint density at radius 3 is 2.23 bits per heavy atom. The van der Waals surface area contributed by atoms with Gasteiger partial charge < -0.3 is 19.5 Å². The molecule has 0 radical (unpaired) electrons. The van der Waals surface area contributed by atoms with Crippen molar-refractivity contribution in [3.05, 3.63) is 47.9 Å². The largest absolute Gasteiger partial charge is 0.493 e. The molecule has 0 aliphatic rings. The maximum Gasteiger partial charge on any atom is 0.227 e. The highest BCUT2D eigenvalue weighted by Crippen LogP contribution is 2.40. The molecule has 8 heteroatoms. The van der Waals surface area contributed by atoms with Gasteiger partial charge in [-0.05, 0) is 18.2 Å². The van der Waals surface area contributed by atoms with E-state index < -0.39 is 0 Å². The average Bonchev–Trinajstić information content (AvgIpc) is 2.68. The zero-order chi connectivity index (χ0) is 18.5. The molecule has 0 atom stereocenters. The number of pyridine rings is 1. The summed E-state index contributed by atoms with van der Waals surface area (Å²) in [4.78, 5) is 12.8. The first-order valence-corrected chi connectivity index (χ1v) is 8.04. The minimum atomic E-state index is 0.423.